The lowest BCUT2D eigenvalue weighted by molar-refractivity contribution is -0.125. The number of hydrogen-bond acceptors (Lipinski definition) is 7. The summed E-state index contributed by atoms with van der Waals surface area (Å²) in [6, 6.07) is 21.5. The van der Waals surface area contributed by atoms with Gasteiger partial charge >= 0.3 is 12.2 Å². The van der Waals surface area contributed by atoms with Gasteiger partial charge < -0.3 is 30.2 Å². The number of hydrogen-bond donors (Lipinski definition) is 3. The molecule has 0 bridgehead atoms. The van der Waals surface area contributed by atoms with E-state index in [1.54, 1.807) is 45.0 Å². The Balaban J connectivity index is 1.34. The first-order valence-electron chi connectivity index (χ1n) is 15.8. The van der Waals surface area contributed by atoms with Gasteiger partial charge in [-0.3, -0.25) is 9.59 Å². The largest absolute Gasteiger partial charge is 0.492 e. The van der Waals surface area contributed by atoms with Crippen molar-refractivity contribution in [2.75, 3.05) is 25.1 Å². The molecule has 3 amide bonds. The van der Waals surface area contributed by atoms with Crippen LogP contribution in [0, 0.1) is 5.41 Å². The maximum absolute atomic E-state index is 13.4. The number of carbonyl (C=O) groups excluding carboxylic acids is 4. The average molecular weight is 644 g/mol. The Labute approximate surface area is 276 Å². The van der Waals surface area contributed by atoms with Crippen LogP contribution in [0.1, 0.15) is 71.4 Å². The number of carbonyl (C=O) groups is 4. The zero-order valence-electron chi connectivity index (χ0n) is 28.0. The third-order valence-corrected chi connectivity index (χ3v) is 7.27. The van der Waals surface area contributed by atoms with Gasteiger partial charge in [-0.15, -0.1) is 0 Å². The van der Waals surface area contributed by atoms with E-state index in [-0.39, 0.29) is 49.7 Å². The highest BCUT2D eigenvalue weighted by atomic mass is 16.6. The van der Waals surface area contributed by atoms with Gasteiger partial charge in [-0.25, -0.2) is 9.59 Å². The van der Waals surface area contributed by atoms with Crippen LogP contribution in [0.25, 0.3) is 11.1 Å². The summed E-state index contributed by atoms with van der Waals surface area (Å²) in [7, 11) is 0. The van der Waals surface area contributed by atoms with Crippen LogP contribution in [-0.2, 0) is 19.1 Å². The van der Waals surface area contributed by atoms with Gasteiger partial charge in [0.1, 0.15) is 36.4 Å². The zero-order valence-corrected chi connectivity index (χ0v) is 28.0. The summed E-state index contributed by atoms with van der Waals surface area (Å²) in [6.45, 7) is 11.7. The number of Topliss-reactive ketones (excluding diaryl/α,β-unsaturated/α-hetero) is 1. The first-order chi connectivity index (χ1) is 22.2. The number of ether oxygens (including phenoxy) is 3. The van der Waals surface area contributed by atoms with E-state index in [9.17, 15) is 19.2 Å². The van der Waals surface area contributed by atoms with Crippen LogP contribution in [0.3, 0.4) is 0 Å². The summed E-state index contributed by atoms with van der Waals surface area (Å²) < 4.78 is 16.5. The molecular weight excluding hydrogens is 598 g/mol. The van der Waals surface area contributed by atoms with E-state index in [1.807, 2.05) is 57.2 Å². The third kappa shape index (κ3) is 10.6. The van der Waals surface area contributed by atoms with E-state index in [2.05, 4.69) is 28.1 Å². The van der Waals surface area contributed by atoms with E-state index in [0.29, 0.717) is 11.4 Å². The lowest BCUT2D eigenvalue weighted by Crippen LogP contribution is -2.45. The van der Waals surface area contributed by atoms with E-state index >= 15 is 0 Å². The lowest BCUT2D eigenvalue weighted by atomic mass is 9.88. The van der Waals surface area contributed by atoms with Crippen molar-refractivity contribution in [2.45, 2.75) is 71.9 Å². The second-order valence-electron chi connectivity index (χ2n) is 13.8. The van der Waals surface area contributed by atoms with E-state index in [1.165, 1.54) is 0 Å². The topological polar surface area (TPSA) is 132 Å². The SMILES string of the molecule is CC(C)(C)CC(=O)C[C@H](NC(=O)OCC1c2ccccc2-c2ccccc21)C(=O)Nc1ccc(OCCNC(=O)OC(C)(C)C)cc1. The highest BCUT2D eigenvalue weighted by Gasteiger charge is 2.31. The minimum Gasteiger partial charge on any atom is -0.492 e. The number of rotatable bonds is 12. The Hall–Kier alpha value is -4.86. The monoisotopic (exact) mass is 643 g/mol. The van der Waals surface area contributed by atoms with Gasteiger partial charge in [0.25, 0.3) is 0 Å². The molecule has 0 fully saturated rings. The second-order valence-corrected chi connectivity index (χ2v) is 13.8. The quantitative estimate of drug-likeness (QED) is 0.184. The van der Waals surface area contributed by atoms with Crippen molar-refractivity contribution >= 4 is 29.6 Å². The van der Waals surface area contributed by atoms with Crippen molar-refractivity contribution in [3.8, 4) is 16.9 Å². The van der Waals surface area contributed by atoms with Gasteiger partial charge in [-0.2, -0.15) is 0 Å². The number of alkyl carbamates (subject to hydrolysis) is 2. The predicted molar refractivity (Wildman–Crippen MR) is 180 cm³/mol. The molecule has 3 N–H and O–H groups in total. The van der Waals surface area contributed by atoms with Crippen molar-refractivity contribution in [3.05, 3.63) is 83.9 Å². The summed E-state index contributed by atoms with van der Waals surface area (Å²) >= 11 is 0. The minimum absolute atomic E-state index is 0.0822. The van der Waals surface area contributed by atoms with Gasteiger partial charge in [-0.05, 0) is 72.7 Å². The van der Waals surface area contributed by atoms with Gasteiger partial charge in [0.15, 0.2) is 0 Å². The highest BCUT2D eigenvalue weighted by Crippen LogP contribution is 2.44. The molecule has 0 unspecified atom stereocenters. The molecule has 3 aromatic rings. The molecular formula is C37H45N3O7. The first kappa shape index (κ1) is 35.0. The average Bonchev–Trinajstić information content (AvgIpc) is 3.30. The molecule has 1 aliphatic rings. The summed E-state index contributed by atoms with van der Waals surface area (Å²) in [5.74, 6) is -0.309. The normalized spacial score (nSPS) is 13.1. The zero-order chi connectivity index (χ0) is 34.2. The molecule has 10 nitrogen and oxygen atoms in total. The molecule has 250 valence electrons. The van der Waals surface area contributed by atoms with Crippen LogP contribution < -0.4 is 20.7 Å². The van der Waals surface area contributed by atoms with Crippen molar-refractivity contribution in [3.63, 3.8) is 0 Å². The number of fused-ring (bicyclic) bond motifs is 3. The van der Waals surface area contributed by atoms with E-state index in [0.717, 1.165) is 22.3 Å². The van der Waals surface area contributed by atoms with Gasteiger partial charge in [0.2, 0.25) is 5.91 Å². The Kier molecular flexibility index (Phi) is 11.3. The molecule has 0 spiro atoms. The van der Waals surface area contributed by atoms with E-state index in [4.69, 9.17) is 14.2 Å². The number of benzene rings is 3. The maximum atomic E-state index is 13.4. The molecule has 0 saturated heterocycles. The van der Waals surface area contributed by atoms with Gasteiger partial charge in [0.05, 0.1) is 6.54 Å². The molecule has 0 aromatic heterocycles. The fourth-order valence-corrected chi connectivity index (χ4v) is 5.38. The third-order valence-electron chi connectivity index (χ3n) is 7.27. The molecule has 0 aliphatic heterocycles. The Bertz CT molecular complexity index is 1530. The molecule has 1 atom stereocenters. The molecule has 10 heteroatoms. The van der Waals surface area contributed by atoms with Crippen molar-refractivity contribution < 1.29 is 33.4 Å². The molecule has 3 aromatic carbocycles. The summed E-state index contributed by atoms with van der Waals surface area (Å²) in [5, 5.41) is 8.03. The van der Waals surface area contributed by atoms with Crippen molar-refractivity contribution in [1.82, 2.24) is 10.6 Å². The van der Waals surface area contributed by atoms with Gasteiger partial charge in [-0.1, -0.05) is 69.3 Å². The number of amides is 3. The molecule has 47 heavy (non-hydrogen) atoms. The maximum Gasteiger partial charge on any atom is 0.407 e. The predicted octanol–water partition coefficient (Wildman–Crippen LogP) is 6.83. The van der Waals surface area contributed by atoms with Crippen molar-refractivity contribution in [2.24, 2.45) is 5.41 Å². The molecule has 0 saturated carbocycles. The summed E-state index contributed by atoms with van der Waals surface area (Å²) in [5.41, 5.74) is 3.95. The summed E-state index contributed by atoms with van der Waals surface area (Å²) in [4.78, 5) is 51.1. The van der Waals surface area contributed by atoms with Crippen LogP contribution >= 0.6 is 0 Å². The number of ketones is 1. The molecule has 1 aliphatic carbocycles. The Morgan fingerprint density at radius 2 is 1.38 bits per heavy atom. The number of anilines is 1. The second kappa shape index (κ2) is 15.2. The molecule has 0 heterocycles. The number of nitrogens with one attached hydrogen (secondary N) is 3. The van der Waals surface area contributed by atoms with Crippen LogP contribution in [0.2, 0.25) is 0 Å². The summed E-state index contributed by atoms with van der Waals surface area (Å²) in [6.07, 6.45) is -1.24. The fourth-order valence-electron chi connectivity index (χ4n) is 5.38. The van der Waals surface area contributed by atoms with Crippen LogP contribution in [0.4, 0.5) is 15.3 Å². The first-order valence-corrected chi connectivity index (χ1v) is 15.8. The van der Waals surface area contributed by atoms with Crippen LogP contribution in [0.5, 0.6) is 5.75 Å². The van der Waals surface area contributed by atoms with Crippen LogP contribution in [-0.4, -0.2) is 55.3 Å². The van der Waals surface area contributed by atoms with Crippen LogP contribution in [0.15, 0.2) is 72.8 Å². The molecule has 0 radical (unpaired) electrons. The lowest BCUT2D eigenvalue weighted by Gasteiger charge is -2.22. The Morgan fingerprint density at radius 1 is 0.787 bits per heavy atom. The Morgan fingerprint density at radius 3 is 1.96 bits per heavy atom. The van der Waals surface area contributed by atoms with Gasteiger partial charge in [0, 0.05) is 24.4 Å². The standard InChI is InChI=1S/C37H45N3O7/c1-36(2,3)22-25(41)21-32(33(42)39-24-15-17-26(18-16-24)45-20-19-38-34(43)47-37(4,5)6)40-35(44)46-23-31-29-13-9-7-11-27(29)28-12-8-10-14-30(28)31/h7-18,31-32H,19-23H2,1-6H3,(H,38,43)(H,39,42)(H,40,44)/t32-/m0/s1. The van der Waals surface area contributed by atoms with E-state index < -0.39 is 29.7 Å². The molecule has 4 rings (SSSR count). The highest BCUT2D eigenvalue weighted by molar-refractivity contribution is 5.99. The van der Waals surface area contributed by atoms with Crippen molar-refractivity contribution in [1.29, 1.82) is 0 Å². The smallest absolute Gasteiger partial charge is 0.407 e. The fraction of sp³-hybridized carbons (Fsp3) is 0.405. The minimum atomic E-state index is -1.14.